The minimum atomic E-state index is -0.180. The predicted molar refractivity (Wildman–Crippen MR) is 47.5 cm³/mol. The third-order valence-electron chi connectivity index (χ3n) is 2.09. The lowest BCUT2D eigenvalue weighted by Gasteiger charge is -2.11. The standard InChI is InChI=1S/C8H14N4/c1-12(2)7(10)11-6-8(5-9)3-4-8/h3-4,6H2,1-2H3,(H2,10,11). The molecule has 0 atom stereocenters. The van der Waals surface area contributed by atoms with E-state index in [9.17, 15) is 0 Å². The molecule has 0 aromatic carbocycles. The molecule has 1 aliphatic carbocycles. The molecule has 0 spiro atoms. The number of hydrogen-bond acceptors (Lipinski definition) is 2. The summed E-state index contributed by atoms with van der Waals surface area (Å²) in [5.41, 5.74) is 5.39. The van der Waals surface area contributed by atoms with E-state index in [0.29, 0.717) is 12.5 Å². The van der Waals surface area contributed by atoms with Crippen molar-refractivity contribution in [1.82, 2.24) is 4.90 Å². The Morgan fingerprint density at radius 2 is 2.25 bits per heavy atom. The monoisotopic (exact) mass is 166 g/mol. The van der Waals surface area contributed by atoms with Crippen LogP contribution in [0.15, 0.2) is 4.99 Å². The fourth-order valence-corrected chi connectivity index (χ4v) is 0.830. The highest BCUT2D eigenvalue weighted by Crippen LogP contribution is 2.44. The van der Waals surface area contributed by atoms with Crippen LogP contribution in [0.2, 0.25) is 0 Å². The fourth-order valence-electron chi connectivity index (χ4n) is 0.830. The lowest BCUT2D eigenvalue weighted by atomic mass is 10.1. The van der Waals surface area contributed by atoms with Crippen molar-refractivity contribution in [2.45, 2.75) is 12.8 Å². The van der Waals surface area contributed by atoms with E-state index in [-0.39, 0.29) is 5.41 Å². The minimum absolute atomic E-state index is 0.180. The van der Waals surface area contributed by atoms with Gasteiger partial charge in [0.05, 0.1) is 18.0 Å². The van der Waals surface area contributed by atoms with Crippen LogP contribution in [0.5, 0.6) is 0 Å². The Morgan fingerprint density at radius 1 is 1.67 bits per heavy atom. The van der Waals surface area contributed by atoms with Gasteiger partial charge in [-0.05, 0) is 12.8 Å². The van der Waals surface area contributed by atoms with Crippen LogP contribution in [-0.2, 0) is 0 Å². The fraction of sp³-hybridized carbons (Fsp3) is 0.750. The first-order valence-electron chi connectivity index (χ1n) is 3.98. The van der Waals surface area contributed by atoms with E-state index in [1.54, 1.807) is 4.90 Å². The van der Waals surface area contributed by atoms with Crippen molar-refractivity contribution < 1.29 is 0 Å². The Morgan fingerprint density at radius 3 is 2.58 bits per heavy atom. The topological polar surface area (TPSA) is 65.4 Å². The van der Waals surface area contributed by atoms with Gasteiger partial charge in [-0.25, -0.2) is 0 Å². The number of nitriles is 1. The van der Waals surface area contributed by atoms with E-state index in [2.05, 4.69) is 11.1 Å². The molecule has 0 saturated heterocycles. The molecule has 0 aliphatic heterocycles. The van der Waals surface area contributed by atoms with Crippen molar-refractivity contribution in [2.24, 2.45) is 16.1 Å². The van der Waals surface area contributed by atoms with Crippen molar-refractivity contribution in [3.05, 3.63) is 0 Å². The Kier molecular flexibility index (Phi) is 2.22. The zero-order valence-electron chi connectivity index (χ0n) is 7.54. The van der Waals surface area contributed by atoms with Gasteiger partial charge in [-0.2, -0.15) is 5.26 Å². The van der Waals surface area contributed by atoms with Crippen molar-refractivity contribution in [3.8, 4) is 6.07 Å². The molecule has 0 amide bonds. The molecule has 1 saturated carbocycles. The molecule has 1 rings (SSSR count). The number of nitrogens with zero attached hydrogens (tertiary/aromatic N) is 3. The Labute approximate surface area is 72.7 Å². The highest BCUT2D eigenvalue weighted by molar-refractivity contribution is 5.77. The van der Waals surface area contributed by atoms with Crippen LogP contribution < -0.4 is 5.73 Å². The van der Waals surface area contributed by atoms with Crippen LogP contribution in [0.25, 0.3) is 0 Å². The highest BCUT2D eigenvalue weighted by Gasteiger charge is 2.42. The van der Waals surface area contributed by atoms with Crippen molar-refractivity contribution in [3.63, 3.8) is 0 Å². The molecule has 1 aliphatic rings. The summed E-state index contributed by atoms with van der Waals surface area (Å²) in [6, 6.07) is 2.27. The molecule has 0 unspecified atom stereocenters. The van der Waals surface area contributed by atoms with E-state index in [1.807, 2.05) is 14.1 Å². The van der Waals surface area contributed by atoms with Crippen LogP contribution in [0.3, 0.4) is 0 Å². The zero-order chi connectivity index (χ0) is 9.19. The number of hydrogen-bond donors (Lipinski definition) is 1. The molecule has 12 heavy (non-hydrogen) atoms. The quantitative estimate of drug-likeness (QED) is 0.469. The first-order chi connectivity index (χ1) is 5.59. The van der Waals surface area contributed by atoms with Gasteiger partial charge in [0.2, 0.25) is 0 Å². The maximum atomic E-state index is 8.73. The van der Waals surface area contributed by atoms with Crippen LogP contribution in [0, 0.1) is 16.7 Å². The molecule has 0 radical (unpaired) electrons. The van der Waals surface area contributed by atoms with Gasteiger partial charge in [0, 0.05) is 14.1 Å². The molecule has 66 valence electrons. The summed E-state index contributed by atoms with van der Waals surface area (Å²) in [6.07, 6.45) is 1.93. The maximum Gasteiger partial charge on any atom is 0.190 e. The molecule has 0 heterocycles. The second kappa shape index (κ2) is 3.02. The van der Waals surface area contributed by atoms with E-state index < -0.39 is 0 Å². The van der Waals surface area contributed by atoms with Crippen molar-refractivity contribution in [1.29, 1.82) is 5.26 Å². The van der Waals surface area contributed by atoms with Gasteiger partial charge in [0.25, 0.3) is 0 Å². The average Bonchev–Trinajstić information content (AvgIpc) is 2.81. The van der Waals surface area contributed by atoms with Crippen molar-refractivity contribution >= 4 is 5.96 Å². The van der Waals surface area contributed by atoms with Gasteiger partial charge < -0.3 is 10.6 Å². The largest absolute Gasteiger partial charge is 0.370 e. The smallest absolute Gasteiger partial charge is 0.190 e. The summed E-state index contributed by atoms with van der Waals surface area (Å²) in [5, 5.41) is 8.73. The second-order valence-electron chi connectivity index (χ2n) is 3.46. The molecular formula is C8H14N4. The van der Waals surface area contributed by atoms with Crippen LogP contribution in [0.4, 0.5) is 0 Å². The predicted octanol–water partition coefficient (Wildman–Crippen LogP) is 0.166. The van der Waals surface area contributed by atoms with E-state index >= 15 is 0 Å². The van der Waals surface area contributed by atoms with E-state index in [0.717, 1.165) is 12.8 Å². The maximum absolute atomic E-state index is 8.73. The first kappa shape index (κ1) is 8.85. The molecule has 4 heteroatoms. The van der Waals surface area contributed by atoms with Crippen LogP contribution in [0.1, 0.15) is 12.8 Å². The average molecular weight is 166 g/mol. The second-order valence-corrected chi connectivity index (χ2v) is 3.46. The summed E-state index contributed by atoms with van der Waals surface area (Å²) in [5.74, 6) is 0.497. The third kappa shape index (κ3) is 1.88. The van der Waals surface area contributed by atoms with Gasteiger partial charge in [-0.1, -0.05) is 0 Å². The van der Waals surface area contributed by atoms with Gasteiger partial charge in [-0.15, -0.1) is 0 Å². The number of guanidine groups is 1. The van der Waals surface area contributed by atoms with Crippen LogP contribution >= 0.6 is 0 Å². The molecule has 4 nitrogen and oxygen atoms in total. The van der Waals surface area contributed by atoms with E-state index in [1.165, 1.54) is 0 Å². The number of nitrogens with two attached hydrogens (primary N) is 1. The molecular weight excluding hydrogens is 152 g/mol. The minimum Gasteiger partial charge on any atom is -0.370 e. The van der Waals surface area contributed by atoms with Crippen LogP contribution in [-0.4, -0.2) is 31.5 Å². The lowest BCUT2D eigenvalue weighted by molar-refractivity contribution is 0.596. The normalized spacial score (nSPS) is 19.9. The first-order valence-corrected chi connectivity index (χ1v) is 3.98. The van der Waals surface area contributed by atoms with Gasteiger partial charge in [0.15, 0.2) is 5.96 Å². The van der Waals surface area contributed by atoms with Crippen molar-refractivity contribution in [2.75, 3.05) is 20.6 Å². The zero-order valence-corrected chi connectivity index (χ0v) is 7.54. The van der Waals surface area contributed by atoms with Gasteiger partial charge in [0.1, 0.15) is 0 Å². The number of aliphatic imine (C=N–C) groups is 1. The number of rotatable bonds is 2. The van der Waals surface area contributed by atoms with Gasteiger partial charge in [-0.3, -0.25) is 4.99 Å². The van der Waals surface area contributed by atoms with E-state index in [4.69, 9.17) is 11.0 Å². The Bertz CT molecular complexity index is 232. The molecule has 2 N–H and O–H groups in total. The lowest BCUT2D eigenvalue weighted by Crippen LogP contribution is -2.31. The molecule has 0 aromatic heterocycles. The SMILES string of the molecule is CN(C)C(N)=NCC1(C#N)CC1. The summed E-state index contributed by atoms with van der Waals surface area (Å²) in [4.78, 5) is 5.87. The Hall–Kier alpha value is -1.24. The molecule has 0 aromatic rings. The summed E-state index contributed by atoms with van der Waals surface area (Å²) in [7, 11) is 3.68. The highest BCUT2D eigenvalue weighted by atomic mass is 15.2. The summed E-state index contributed by atoms with van der Waals surface area (Å²) in [6.45, 7) is 0.549. The molecule has 1 fully saturated rings. The van der Waals surface area contributed by atoms with Gasteiger partial charge >= 0.3 is 0 Å². The summed E-state index contributed by atoms with van der Waals surface area (Å²) < 4.78 is 0. The Balaban J connectivity index is 2.44. The molecule has 0 bridgehead atoms. The summed E-state index contributed by atoms with van der Waals surface area (Å²) >= 11 is 0. The third-order valence-corrected chi connectivity index (χ3v) is 2.09.